The maximum Gasteiger partial charge on any atom is 0.235 e. The predicted octanol–water partition coefficient (Wildman–Crippen LogP) is 3.03. The van der Waals surface area contributed by atoms with Gasteiger partial charge in [-0.3, -0.25) is 4.79 Å². The molecule has 25 heavy (non-hydrogen) atoms. The van der Waals surface area contributed by atoms with Crippen LogP contribution in [0.1, 0.15) is 30.4 Å². The molecule has 6 nitrogen and oxygen atoms in total. The molecule has 4 rings (SSSR count). The lowest BCUT2D eigenvalue weighted by Crippen LogP contribution is -2.46. The largest absolute Gasteiger partial charge is 0.325 e. The van der Waals surface area contributed by atoms with Gasteiger partial charge in [-0.05, 0) is 53.5 Å². The summed E-state index contributed by atoms with van der Waals surface area (Å²) in [6, 6.07) is 15.8. The maximum absolute atomic E-state index is 13.1. The lowest BCUT2D eigenvalue weighted by atomic mass is 9.64. The second kappa shape index (κ2) is 6.12. The van der Waals surface area contributed by atoms with Crippen LogP contribution >= 0.6 is 0 Å². The summed E-state index contributed by atoms with van der Waals surface area (Å²) in [5.74, 6) is 0.0573. The zero-order valence-corrected chi connectivity index (χ0v) is 14.0. The van der Waals surface area contributed by atoms with Crippen molar-refractivity contribution in [2.75, 3.05) is 5.32 Å². The molecule has 1 fully saturated rings. The van der Waals surface area contributed by atoms with Gasteiger partial charge in [-0.15, -0.1) is 5.10 Å². The molecule has 126 valence electrons. The molecule has 0 aliphatic heterocycles. The standard InChI is InChI=1S/C19H19N5O/c1-14-8-9-16(24-13-20-22-23-24)12-17(14)21-18(25)19(10-5-11-19)15-6-3-2-4-7-15/h2-4,6-9,12-13H,5,10-11H2,1H3,(H,21,25). The third kappa shape index (κ3) is 2.69. The molecule has 6 heteroatoms. The fourth-order valence-electron chi connectivity index (χ4n) is 3.34. The topological polar surface area (TPSA) is 72.7 Å². The minimum atomic E-state index is -0.418. The van der Waals surface area contributed by atoms with E-state index in [1.807, 2.05) is 55.5 Å². The second-order valence-electron chi connectivity index (χ2n) is 6.51. The molecule has 1 heterocycles. The molecule has 1 aromatic heterocycles. The molecular weight excluding hydrogens is 314 g/mol. The molecule has 0 bridgehead atoms. The molecule has 1 aliphatic rings. The predicted molar refractivity (Wildman–Crippen MR) is 94.5 cm³/mol. The Morgan fingerprint density at radius 3 is 2.60 bits per heavy atom. The average Bonchev–Trinajstić information content (AvgIpc) is 3.11. The van der Waals surface area contributed by atoms with Crippen molar-refractivity contribution >= 4 is 11.6 Å². The zero-order chi connectivity index (χ0) is 17.3. The number of hydrogen-bond acceptors (Lipinski definition) is 4. The summed E-state index contributed by atoms with van der Waals surface area (Å²) < 4.78 is 1.57. The Morgan fingerprint density at radius 1 is 1.16 bits per heavy atom. The number of anilines is 1. The third-order valence-corrected chi connectivity index (χ3v) is 5.05. The zero-order valence-electron chi connectivity index (χ0n) is 14.0. The number of benzene rings is 2. The summed E-state index contributed by atoms with van der Waals surface area (Å²) in [4.78, 5) is 13.1. The van der Waals surface area contributed by atoms with E-state index >= 15 is 0 Å². The van der Waals surface area contributed by atoms with Gasteiger partial charge < -0.3 is 5.32 Å². The highest BCUT2D eigenvalue weighted by Crippen LogP contribution is 2.44. The van der Waals surface area contributed by atoms with Crippen molar-refractivity contribution in [3.05, 3.63) is 66.0 Å². The number of nitrogens with one attached hydrogen (secondary N) is 1. The number of hydrogen-bond donors (Lipinski definition) is 1. The summed E-state index contributed by atoms with van der Waals surface area (Å²) in [5.41, 5.74) is 3.28. The highest BCUT2D eigenvalue weighted by molar-refractivity contribution is 6.00. The maximum atomic E-state index is 13.1. The fourth-order valence-corrected chi connectivity index (χ4v) is 3.34. The Labute approximate surface area is 145 Å². The average molecular weight is 333 g/mol. The van der Waals surface area contributed by atoms with E-state index in [4.69, 9.17) is 0 Å². The monoisotopic (exact) mass is 333 g/mol. The van der Waals surface area contributed by atoms with Crippen LogP contribution in [-0.4, -0.2) is 26.1 Å². The van der Waals surface area contributed by atoms with Crippen LogP contribution in [0.5, 0.6) is 0 Å². The van der Waals surface area contributed by atoms with Crippen molar-refractivity contribution in [3.8, 4) is 5.69 Å². The van der Waals surface area contributed by atoms with Crippen LogP contribution < -0.4 is 5.32 Å². The molecule has 0 spiro atoms. The van der Waals surface area contributed by atoms with Crippen LogP contribution in [0, 0.1) is 6.92 Å². The van der Waals surface area contributed by atoms with Gasteiger partial charge in [-0.1, -0.05) is 42.8 Å². The minimum absolute atomic E-state index is 0.0573. The van der Waals surface area contributed by atoms with E-state index in [1.165, 1.54) is 6.33 Å². The molecule has 0 unspecified atom stereocenters. The summed E-state index contributed by atoms with van der Waals surface area (Å²) >= 11 is 0. The van der Waals surface area contributed by atoms with Crippen molar-refractivity contribution in [2.24, 2.45) is 0 Å². The Bertz CT molecular complexity index is 885. The van der Waals surface area contributed by atoms with E-state index in [0.29, 0.717) is 0 Å². The van der Waals surface area contributed by atoms with Gasteiger partial charge in [0.05, 0.1) is 11.1 Å². The van der Waals surface area contributed by atoms with Gasteiger partial charge in [0.15, 0.2) is 0 Å². The van der Waals surface area contributed by atoms with Crippen LogP contribution in [0.15, 0.2) is 54.9 Å². The summed E-state index contributed by atoms with van der Waals surface area (Å²) in [7, 11) is 0. The van der Waals surface area contributed by atoms with Gasteiger partial charge in [0.1, 0.15) is 6.33 Å². The van der Waals surface area contributed by atoms with Crippen LogP contribution in [0.2, 0.25) is 0 Å². The number of amides is 1. The van der Waals surface area contributed by atoms with Crippen LogP contribution in [-0.2, 0) is 10.2 Å². The highest BCUT2D eigenvalue weighted by atomic mass is 16.2. The minimum Gasteiger partial charge on any atom is -0.325 e. The number of aromatic nitrogens is 4. The first-order valence-electron chi connectivity index (χ1n) is 8.40. The van der Waals surface area contributed by atoms with Crippen molar-refractivity contribution < 1.29 is 4.79 Å². The first kappa shape index (κ1) is 15.5. The molecule has 3 aromatic rings. The highest BCUT2D eigenvalue weighted by Gasteiger charge is 2.45. The van der Waals surface area contributed by atoms with Crippen molar-refractivity contribution in [3.63, 3.8) is 0 Å². The number of rotatable bonds is 4. The van der Waals surface area contributed by atoms with Gasteiger partial charge >= 0.3 is 0 Å². The number of nitrogens with zero attached hydrogens (tertiary/aromatic N) is 4. The first-order chi connectivity index (χ1) is 12.2. The van der Waals surface area contributed by atoms with Gasteiger partial charge in [0.2, 0.25) is 5.91 Å². The molecule has 1 N–H and O–H groups in total. The molecule has 0 atom stereocenters. The molecule has 1 saturated carbocycles. The molecule has 1 aliphatic carbocycles. The van der Waals surface area contributed by atoms with Gasteiger partial charge in [0, 0.05) is 5.69 Å². The van der Waals surface area contributed by atoms with E-state index in [-0.39, 0.29) is 5.91 Å². The summed E-state index contributed by atoms with van der Waals surface area (Å²) in [6.45, 7) is 1.98. The van der Waals surface area contributed by atoms with Crippen molar-refractivity contribution in [2.45, 2.75) is 31.6 Å². The lowest BCUT2D eigenvalue weighted by Gasteiger charge is -2.40. The Kier molecular flexibility index (Phi) is 3.80. The van der Waals surface area contributed by atoms with Crippen molar-refractivity contribution in [1.29, 1.82) is 0 Å². The lowest BCUT2D eigenvalue weighted by molar-refractivity contribution is -0.124. The molecule has 0 radical (unpaired) electrons. The van der Waals surface area contributed by atoms with Gasteiger partial charge in [-0.2, -0.15) is 0 Å². The van der Waals surface area contributed by atoms with Crippen molar-refractivity contribution in [1.82, 2.24) is 20.2 Å². The third-order valence-electron chi connectivity index (χ3n) is 5.05. The number of carbonyl (C=O) groups is 1. The van der Waals surface area contributed by atoms with Crippen LogP contribution in [0.3, 0.4) is 0 Å². The van der Waals surface area contributed by atoms with E-state index in [0.717, 1.165) is 41.8 Å². The van der Waals surface area contributed by atoms with E-state index in [2.05, 4.69) is 20.8 Å². The quantitative estimate of drug-likeness (QED) is 0.796. The van der Waals surface area contributed by atoms with Gasteiger partial charge in [-0.25, -0.2) is 4.68 Å². The normalized spacial score (nSPS) is 15.4. The second-order valence-corrected chi connectivity index (χ2v) is 6.51. The number of carbonyl (C=O) groups excluding carboxylic acids is 1. The Morgan fingerprint density at radius 2 is 1.96 bits per heavy atom. The number of aryl methyl sites for hydroxylation is 1. The summed E-state index contributed by atoms with van der Waals surface area (Å²) in [6.07, 6.45) is 4.38. The Hall–Kier alpha value is -3.02. The molecule has 1 amide bonds. The van der Waals surface area contributed by atoms with E-state index in [9.17, 15) is 4.79 Å². The van der Waals surface area contributed by atoms with E-state index in [1.54, 1.807) is 4.68 Å². The van der Waals surface area contributed by atoms with Crippen LogP contribution in [0.25, 0.3) is 5.69 Å². The molecule has 2 aromatic carbocycles. The summed E-state index contributed by atoms with van der Waals surface area (Å²) in [5, 5.41) is 14.4. The Balaban J connectivity index is 1.63. The van der Waals surface area contributed by atoms with Crippen LogP contribution in [0.4, 0.5) is 5.69 Å². The molecule has 0 saturated heterocycles. The smallest absolute Gasteiger partial charge is 0.235 e. The first-order valence-corrected chi connectivity index (χ1v) is 8.40. The fraction of sp³-hybridized carbons (Fsp3) is 0.263. The SMILES string of the molecule is Cc1ccc(-n2cnnn2)cc1NC(=O)C1(c2ccccc2)CCC1. The number of tetrazole rings is 1. The van der Waals surface area contributed by atoms with Gasteiger partial charge in [0.25, 0.3) is 0 Å². The van der Waals surface area contributed by atoms with E-state index < -0.39 is 5.41 Å². The molecular formula is C19H19N5O.